The minimum Gasteiger partial charge on any atom is -0.501 e. The van der Waals surface area contributed by atoms with E-state index in [2.05, 4.69) is 0 Å². The van der Waals surface area contributed by atoms with E-state index in [0.29, 0.717) is 26.4 Å². The zero-order valence-corrected chi connectivity index (χ0v) is 15.5. The Kier molecular flexibility index (Phi) is 11.4. The molecule has 0 fully saturated rings. The lowest BCUT2D eigenvalue weighted by Crippen LogP contribution is -2.44. The van der Waals surface area contributed by atoms with E-state index in [-0.39, 0.29) is 0 Å². The molecule has 0 atom stereocenters. The van der Waals surface area contributed by atoms with Crippen molar-refractivity contribution >= 4 is 8.56 Å². The summed E-state index contributed by atoms with van der Waals surface area (Å²) in [5.41, 5.74) is 2.31. The summed E-state index contributed by atoms with van der Waals surface area (Å²) in [7, 11) is -2.25. The van der Waals surface area contributed by atoms with Gasteiger partial charge >= 0.3 is 8.56 Å². The Labute approximate surface area is 131 Å². The Morgan fingerprint density at radius 3 is 1.43 bits per heavy atom. The van der Waals surface area contributed by atoms with Gasteiger partial charge in [0, 0.05) is 25.3 Å². The summed E-state index contributed by atoms with van der Waals surface area (Å²) in [5, 5.41) is 0. The summed E-state index contributed by atoms with van der Waals surface area (Å²) in [4.78, 5) is 0. The van der Waals surface area contributed by atoms with Gasteiger partial charge in [0.25, 0.3) is 0 Å². The number of hydrogen-bond donors (Lipinski definition) is 0. The molecule has 0 radical (unpaired) electrons. The minimum absolute atomic E-state index is 0.625. The number of ether oxygens (including phenoxy) is 2. The zero-order chi connectivity index (χ0) is 16.1. The van der Waals surface area contributed by atoms with E-state index in [1.807, 2.05) is 41.5 Å². The number of allylic oxidation sites excluding steroid dienone is 2. The van der Waals surface area contributed by atoms with E-state index in [9.17, 15) is 0 Å². The lowest BCUT2D eigenvalue weighted by molar-refractivity contribution is 0.157. The van der Waals surface area contributed by atoms with E-state index >= 15 is 0 Å². The third kappa shape index (κ3) is 10.6. The van der Waals surface area contributed by atoms with Gasteiger partial charge in [0.1, 0.15) is 0 Å². The van der Waals surface area contributed by atoms with Crippen molar-refractivity contribution in [2.75, 3.05) is 26.4 Å². The van der Waals surface area contributed by atoms with Crippen molar-refractivity contribution in [1.82, 2.24) is 0 Å². The predicted molar refractivity (Wildman–Crippen MR) is 89.4 cm³/mol. The van der Waals surface area contributed by atoms with Crippen LogP contribution in [-0.4, -0.2) is 35.0 Å². The van der Waals surface area contributed by atoms with Crippen LogP contribution in [0.15, 0.2) is 23.7 Å². The zero-order valence-electron chi connectivity index (χ0n) is 14.5. The predicted octanol–water partition coefficient (Wildman–Crippen LogP) is 4.38. The van der Waals surface area contributed by atoms with Gasteiger partial charge in [0.2, 0.25) is 0 Å². The lowest BCUT2D eigenvalue weighted by Gasteiger charge is -2.29. The van der Waals surface area contributed by atoms with Crippen molar-refractivity contribution < 1.29 is 18.3 Å². The highest BCUT2D eigenvalue weighted by Gasteiger charge is 2.37. The molecule has 0 amide bonds. The molecular formula is C16H32O4Si. The van der Waals surface area contributed by atoms with Crippen LogP contribution in [0.4, 0.5) is 0 Å². The van der Waals surface area contributed by atoms with Crippen molar-refractivity contribution in [2.24, 2.45) is 0 Å². The Morgan fingerprint density at radius 2 is 1.14 bits per heavy atom. The molecule has 0 aromatic carbocycles. The van der Waals surface area contributed by atoms with Crippen molar-refractivity contribution in [1.29, 1.82) is 0 Å². The third-order valence-corrected chi connectivity index (χ3v) is 6.22. The second-order valence-electron chi connectivity index (χ2n) is 5.41. The molecule has 0 saturated carbocycles. The SMILES string of the molecule is CCO[Si](CCOC=C(C)C)(CCOC=C(C)C)OCC. The molecule has 5 heteroatoms. The van der Waals surface area contributed by atoms with Gasteiger partial charge in [-0.1, -0.05) is 0 Å². The molecule has 0 aliphatic rings. The summed E-state index contributed by atoms with van der Waals surface area (Å²) in [6.07, 6.45) is 3.58. The van der Waals surface area contributed by atoms with E-state index in [1.54, 1.807) is 12.5 Å². The molecule has 21 heavy (non-hydrogen) atoms. The van der Waals surface area contributed by atoms with Gasteiger partial charge in [-0.15, -0.1) is 0 Å². The maximum Gasteiger partial charge on any atom is 0.345 e. The third-order valence-electron chi connectivity index (χ3n) is 2.65. The Hall–Kier alpha value is -0.783. The quantitative estimate of drug-likeness (QED) is 0.304. The summed E-state index contributed by atoms with van der Waals surface area (Å²) >= 11 is 0. The fraction of sp³-hybridized carbons (Fsp3) is 0.750. The first-order chi connectivity index (χ1) is 9.95. The summed E-state index contributed by atoms with van der Waals surface area (Å²) in [6.45, 7) is 14.7. The van der Waals surface area contributed by atoms with E-state index in [0.717, 1.165) is 23.2 Å². The lowest BCUT2D eigenvalue weighted by atomic mass is 10.4. The van der Waals surface area contributed by atoms with Crippen LogP contribution < -0.4 is 0 Å². The first-order valence-electron chi connectivity index (χ1n) is 7.73. The molecule has 0 aliphatic carbocycles. The van der Waals surface area contributed by atoms with Gasteiger partial charge in [-0.2, -0.15) is 0 Å². The van der Waals surface area contributed by atoms with Crippen LogP contribution in [0.3, 0.4) is 0 Å². The van der Waals surface area contributed by atoms with Crippen LogP contribution in [0.2, 0.25) is 12.1 Å². The maximum atomic E-state index is 6.00. The normalized spacial score (nSPS) is 11.0. The molecule has 4 nitrogen and oxygen atoms in total. The smallest absolute Gasteiger partial charge is 0.345 e. The summed E-state index contributed by atoms with van der Waals surface area (Å²) in [5.74, 6) is 0. The molecule has 124 valence electrons. The van der Waals surface area contributed by atoms with E-state index < -0.39 is 8.56 Å². The van der Waals surface area contributed by atoms with Crippen molar-refractivity contribution in [3.05, 3.63) is 23.7 Å². The van der Waals surface area contributed by atoms with Gasteiger partial charge in [0.15, 0.2) is 0 Å². The molecule has 0 saturated heterocycles. The van der Waals surface area contributed by atoms with Crippen LogP contribution >= 0.6 is 0 Å². The second kappa shape index (κ2) is 11.8. The van der Waals surface area contributed by atoms with E-state index in [4.69, 9.17) is 18.3 Å². The monoisotopic (exact) mass is 316 g/mol. The first kappa shape index (κ1) is 20.2. The van der Waals surface area contributed by atoms with E-state index in [1.165, 1.54) is 0 Å². The second-order valence-corrected chi connectivity index (χ2v) is 8.81. The van der Waals surface area contributed by atoms with Gasteiger partial charge in [-0.25, -0.2) is 0 Å². The maximum absolute atomic E-state index is 6.00. The minimum atomic E-state index is -2.25. The average Bonchev–Trinajstić information content (AvgIpc) is 2.40. The fourth-order valence-corrected chi connectivity index (χ4v) is 4.68. The Bertz CT molecular complexity index is 286. The first-order valence-corrected chi connectivity index (χ1v) is 9.96. The van der Waals surface area contributed by atoms with Gasteiger partial charge in [-0.05, 0) is 52.7 Å². The largest absolute Gasteiger partial charge is 0.501 e. The summed E-state index contributed by atoms with van der Waals surface area (Å²) in [6, 6.07) is 1.63. The molecule has 0 aromatic heterocycles. The highest BCUT2D eigenvalue weighted by atomic mass is 28.4. The highest BCUT2D eigenvalue weighted by Crippen LogP contribution is 2.20. The topological polar surface area (TPSA) is 36.9 Å². The number of rotatable bonds is 12. The van der Waals surface area contributed by atoms with Crippen LogP contribution in [0.5, 0.6) is 0 Å². The van der Waals surface area contributed by atoms with Crippen LogP contribution in [0.1, 0.15) is 41.5 Å². The van der Waals surface area contributed by atoms with Gasteiger partial charge in [0.05, 0.1) is 25.7 Å². The Morgan fingerprint density at radius 1 is 0.762 bits per heavy atom. The Balaban J connectivity index is 4.49. The molecule has 0 spiro atoms. The van der Waals surface area contributed by atoms with Crippen molar-refractivity contribution in [3.63, 3.8) is 0 Å². The summed E-state index contributed by atoms with van der Waals surface area (Å²) < 4.78 is 23.1. The molecule has 0 N–H and O–H groups in total. The van der Waals surface area contributed by atoms with Crippen LogP contribution in [0.25, 0.3) is 0 Å². The molecular weight excluding hydrogens is 284 g/mol. The molecule has 0 aliphatic heterocycles. The van der Waals surface area contributed by atoms with Crippen LogP contribution in [-0.2, 0) is 18.3 Å². The molecule has 0 bridgehead atoms. The average molecular weight is 317 g/mol. The molecule has 0 rings (SSSR count). The van der Waals surface area contributed by atoms with Gasteiger partial charge < -0.3 is 18.3 Å². The van der Waals surface area contributed by atoms with Crippen molar-refractivity contribution in [3.8, 4) is 0 Å². The highest BCUT2D eigenvalue weighted by molar-refractivity contribution is 6.67. The van der Waals surface area contributed by atoms with Crippen molar-refractivity contribution in [2.45, 2.75) is 53.6 Å². The number of hydrogen-bond acceptors (Lipinski definition) is 4. The fourth-order valence-electron chi connectivity index (χ4n) is 1.86. The van der Waals surface area contributed by atoms with Crippen LogP contribution in [0, 0.1) is 0 Å². The molecule has 0 unspecified atom stereocenters. The standard InChI is InChI=1S/C16H32O4Si/c1-7-19-21(20-8-2,11-9-17-13-15(3)4)12-10-18-14-16(5)6/h13-14H,7-12H2,1-6H3. The molecule has 0 aromatic rings. The van der Waals surface area contributed by atoms with Gasteiger partial charge in [-0.3, -0.25) is 0 Å². The molecule has 0 heterocycles.